The van der Waals surface area contributed by atoms with Crippen molar-refractivity contribution in [2.45, 2.75) is 10.7 Å². The first-order chi connectivity index (χ1) is 10.9. The van der Waals surface area contributed by atoms with E-state index in [9.17, 15) is 14.4 Å². The lowest BCUT2D eigenvalue weighted by Crippen LogP contribution is -2.69. The maximum atomic E-state index is 12.6. The Morgan fingerprint density at radius 3 is 1.96 bits per heavy atom. The molecule has 2 rings (SSSR count). The number of hydrogen-bond acceptors (Lipinski definition) is 6. The van der Waals surface area contributed by atoms with Crippen LogP contribution in [-0.2, 0) is 32.9 Å². The molecule has 0 unspecified atom stereocenters. The summed E-state index contributed by atoms with van der Waals surface area (Å²) in [6.07, 6.45) is 0.202. The Labute approximate surface area is 142 Å². The topological polar surface area (TPSA) is 78.9 Å². The Hall–Kier alpha value is -1.89. The molecule has 1 aliphatic carbocycles. The lowest BCUT2D eigenvalue weighted by Gasteiger charge is -2.55. The maximum Gasteiger partial charge on any atom is 0.325 e. The van der Waals surface area contributed by atoms with Crippen LogP contribution in [0.2, 0.25) is 0 Å². The molecule has 1 aromatic carbocycles. The molecule has 0 spiro atoms. The van der Waals surface area contributed by atoms with Crippen LogP contribution in [0.25, 0.3) is 0 Å². The van der Waals surface area contributed by atoms with Gasteiger partial charge in [0.25, 0.3) is 0 Å². The number of carbonyl (C=O) groups excluding carboxylic acids is 3. The molecule has 124 valence electrons. The van der Waals surface area contributed by atoms with Gasteiger partial charge in [0, 0.05) is 0 Å². The first-order valence-electron chi connectivity index (χ1n) is 6.89. The van der Waals surface area contributed by atoms with Crippen molar-refractivity contribution in [1.82, 2.24) is 0 Å². The van der Waals surface area contributed by atoms with Crippen LogP contribution in [0.1, 0.15) is 12.0 Å². The van der Waals surface area contributed by atoms with Gasteiger partial charge >= 0.3 is 17.9 Å². The quantitative estimate of drug-likeness (QED) is 0.341. The van der Waals surface area contributed by atoms with E-state index in [1.165, 1.54) is 7.11 Å². The summed E-state index contributed by atoms with van der Waals surface area (Å²) < 4.78 is 13.3. The molecule has 6 nitrogen and oxygen atoms in total. The predicted molar refractivity (Wildman–Crippen MR) is 83.6 cm³/mol. The van der Waals surface area contributed by atoms with Gasteiger partial charge in [-0.2, -0.15) is 0 Å². The van der Waals surface area contributed by atoms with Gasteiger partial charge < -0.3 is 14.2 Å². The van der Waals surface area contributed by atoms with Gasteiger partial charge in [0.05, 0.1) is 31.6 Å². The number of carbonyl (C=O) groups is 3. The maximum absolute atomic E-state index is 12.6. The highest BCUT2D eigenvalue weighted by Gasteiger charge is 2.78. The first-order valence-corrected chi connectivity index (χ1v) is 7.68. The van der Waals surface area contributed by atoms with E-state index in [1.807, 2.05) is 6.07 Å². The van der Waals surface area contributed by atoms with Crippen LogP contribution in [0.5, 0.6) is 0 Å². The fraction of sp³-hybridized carbons (Fsp3) is 0.438. The van der Waals surface area contributed by atoms with Crippen molar-refractivity contribution in [3.8, 4) is 0 Å². The number of rotatable bonds is 4. The van der Waals surface area contributed by atoms with Gasteiger partial charge in [0.2, 0.25) is 0 Å². The highest BCUT2D eigenvalue weighted by Crippen LogP contribution is 2.66. The summed E-state index contributed by atoms with van der Waals surface area (Å²) in [5.74, 6) is -3.34. The molecule has 0 heterocycles. The van der Waals surface area contributed by atoms with E-state index in [0.717, 1.165) is 14.2 Å². The van der Waals surface area contributed by atoms with Gasteiger partial charge in [0.15, 0.2) is 5.41 Å². The van der Waals surface area contributed by atoms with Gasteiger partial charge in [-0.25, -0.2) is 0 Å². The largest absolute Gasteiger partial charge is 0.469 e. The van der Waals surface area contributed by atoms with E-state index >= 15 is 0 Å². The summed E-state index contributed by atoms with van der Waals surface area (Å²) in [5.41, 5.74) is -1.17. The predicted octanol–water partition coefficient (Wildman–Crippen LogP) is 1.80. The minimum absolute atomic E-state index is 0.202. The van der Waals surface area contributed by atoms with Crippen LogP contribution in [0.15, 0.2) is 30.3 Å². The van der Waals surface area contributed by atoms with Crippen molar-refractivity contribution in [1.29, 1.82) is 0 Å². The molecule has 23 heavy (non-hydrogen) atoms. The third-order valence-electron chi connectivity index (χ3n) is 4.36. The summed E-state index contributed by atoms with van der Waals surface area (Å²) in [7, 11) is 3.54. The van der Waals surface area contributed by atoms with Gasteiger partial charge in [-0.1, -0.05) is 46.3 Å². The van der Waals surface area contributed by atoms with E-state index in [4.69, 9.17) is 14.2 Å². The number of esters is 3. The second-order valence-corrected chi connectivity index (χ2v) is 6.59. The molecule has 0 aromatic heterocycles. The Bertz CT molecular complexity index is 613. The van der Waals surface area contributed by atoms with E-state index in [-0.39, 0.29) is 6.42 Å². The average molecular weight is 385 g/mol. The number of methoxy groups -OCH3 is 3. The summed E-state index contributed by atoms with van der Waals surface area (Å²) in [6.45, 7) is 0. The molecule has 1 saturated carbocycles. The second-order valence-electron chi connectivity index (χ2n) is 5.24. The highest BCUT2D eigenvalue weighted by molar-refractivity contribution is 9.09. The molecule has 2 atom stereocenters. The number of alkyl halides is 1. The zero-order valence-corrected chi connectivity index (χ0v) is 14.6. The molecular weight excluding hydrogens is 368 g/mol. The van der Waals surface area contributed by atoms with Crippen molar-refractivity contribution in [3.63, 3.8) is 0 Å². The third-order valence-corrected chi connectivity index (χ3v) is 5.77. The normalized spacial score (nSPS) is 25.0. The molecule has 0 saturated heterocycles. The van der Waals surface area contributed by atoms with Crippen LogP contribution in [0, 0.1) is 11.3 Å². The zero-order valence-electron chi connectivity index (χ0n) is 13.0. The van der Waals surface area contributed by atoms with Crippen LogP contribution in [0.3, 0.4) is 0 Å². The molecule has 1 aliphatic rings. The Morgan fingerprint density at radius 1 is 1.00 bits per heavy atom. The van der Waals surface area contributed by atoms with E-state index in [1.54, 1.807) is 24.3 Å². The fourth-order valence-electron chi connectivity index (χ4n) is 3.20. The molecule has 0 radical (unpaired) electrons. The Balaban J connectivity index is 2.66. The van der Waals surface area contributed by atoms with Gasteiger partial charge in [0.1, 0.15) is 0 Å². The minimum Gasteiger partial charge on any atom is -0.469 e. The molecular formula is C16H17BrO6. The molecule has 7 heteroatoms. The summed E-state index contributed by atoms with van der Waals surface area (Å²) in [4.78, 5) is 37.3. The fourth-order valence-corrected chi connectivity index (χ4v) is 4.39. The lowest BCUT2D eigenvalue weighted by molar-refractivity contribution is -0.197. The van der Waals surface area contributed by atoms with Crippen LogP contribution in [-0.4, -0.2) is 39.2 Å². The summed E-state index contributed by atoms with van der Waals surface area (Å²) in [6, 6.07) is 8.91. The molecule has 1 aromatic rings. The summed E-state index contributed by atoms with van der Waals surface area (Å²) in [5, 5.41) is 0. The van der Waals surface area contributed by atoms with Crippen LogP contribution >= 0.6 is 15.9 Å². The number of hydrogen-bond donors (Lipinski definition) is 0. The van der Waals surface area contributed by atoms with Crippen molar-refractivity contribution in [3.05, 3.63) is 35.9 Å². The lowest BCUT2D eigenvalue weighted by atomic mass is 9.50. The standard InChI is InChI=1S/C16H17BrO6/c1-21-12(18)11-9-15(17,10-7-5-4-6-8-10)16(11,13(19)22-2)14(20)23-3/h4-8,11H,9H2,1-3H3/t11-,15+/m1/s1. The second kappa shape index (κ2) is 6.31. The average Bonchev–Trinajstić information content (AvgIpc) is 2.59. The van der Waals surface area contributed by atoms with Crippen molar-refractivity contribution in [2.75, 3.05) is 21.3 Å². The number of benzene rings is 1. The Morgan fingerprint density at radius 2 is 1.52 bits per heavy atom. The first kappa shape index (κ1) is 17.5. The van der Waals surface area contributed by atoms with E-state index < -0.39 is 33.6 Å². The highest BCUT2D eigenvalue weighted by atomic mass is 79.9. The van der Waals surface area contributed by atoms with E-state index in [2.05, 4.69) is 15.9 Å². The van der Waals surface area contributed by atoms with Crippen LogP contribution in [0.4, 0.5) is 0 Å². The molecule has 0 N–H and O–H groups in total. The smallest absolute Gasteiger partial charge is 0.325 e. The van der Waals surface area contributed by atoms with Gasteiger partial charge in [-0.3, -0.25) is 14.4 Å². The summed E-state index contributed by atoms with van der Waals surface area (Å²) >= 11 is 3.51. The van der Waals surface area contributed by atoms with Crippen LogP contribution < -0.4 is 0 Å². The van der Waals surface area contributed by atoms with Crippen molar-refractivity contribution in [2.24, 2.45) is 11.3 Å². The third kappa shape index (κ3) is 2.25. The number of ether oxygens (including phenoxy) is 3. The Kier molecular flexibility index (Phi) is 4.79. The van der Waals surface area contributed by atoms with Gasteiger partial charge in [-0.05, 0) is 12.0 Å². The SMILES string of the molecule is COC(=O)[C@H]1C[C@](Br)(c2ccccc2)C1(C(=O)OC)C(=O)OC. The molecule has 0 bridgehead atoms. The number of halogens is 1. The van der Waals surface area contributed by atoms with Crippen molar-refractivity contribution < 1.29 is 28.6 Å². The van der Waals surface area contributed by atoms with E-state index in [0.29, 0.717) is 5.56 Å². The molecule has 1 fully saturated rings. The zero-order chi connectivity index (χ0) is 17.3. The minimum atomic E-state index is -1.84. The molecule has 0 aliphatic heterocycles. The van der Waals surface area contributed by atoms with Gasteiger partial charge in [-0.15, -0.1) is 0 Å². The molecule has 0 amide bonds. The monoisotopic (exact) mass is 384 g/mol. The van der Waals surface area contributed by atoms with Crippen molar-refractivity contribution >= 4 is 33.8 Å².